The molecule has 0 N–H and O–H groups in total. The summed E-state index contributed by atoms with van der Waals surface area (Å²) in [6, 6.07) is 6.17. The van der Waals surface area contributed by atoms with Gasteiger partial charge < -0.3 is 4.42 Å². The van der Waals surface area contributed by atoms with E-state index in [2.05, 4.69) is 65.6 Å². The molecule has 0 bridgehead atoms. The third-order valence-corrected chi connectivity index (χ3v) is 4.86. The Balaban J connectivity index is 2.57. The van der Waals surface area contributed by atoms with Gasteiger partial charge in [0.25, 0.3) is 0 Å². The summed E-state index contributed by atoms with van der Waals surface area (Å²) in [7, 11) is 0. The molecule has 1 atom stereocenters. The van der Waals surface area contributed by atoms with Crippen LogP contribution in [0.2, 0.25) is 0 Å². The second kappa shape index (κ2) is 5.22. The summed E-state index contributed by atoms with van der Waals surface area (Å²) in [6.07, 6.45) is 0. The molecular formula is C15H16Br2O. The van der Waals surface area contributed by atoms with Crippen LogP contribution < -0.4 is 0 Å². The molecule has 0 aliphatic carbocycles. The molecule has 0 saturated heterocycles. The van der Waals surface area contributed by atoms with E-state index in [1.807, 2.05) is 12.1 Å². The molecule has 0 aliphatic heterocycles. The van der Waals surface area contributed by atoms with E-state index in [9.17, 15) is 0 Å². The highest BCUT2D eigenvalue weighted by molar-refractivity contribution is 9.10. The lowest BCUT2D eigenvalue weighted by Crippen LogP contribution is -2.02. The molecule has 0 spiro atoms. The van der Waals surface area contributed by atoms with Gasteiger partial charge in [0.2, 0.25) is 0 Å². The number of rotatable bonds is 2. The van der Waals surface area contributed by atoms with Crippen LogP contribution in [0.4, 0.5) is 0 Å². The molecule has 1 aromatic heterocycles. The van der Waals surface area contributed by atoms with Crippen molar-refractivity contribution < 1.29 is 4.42 Å². The Morgan fingerprint density at radius 1 is 1.00 bits per heavy atom. The fraction of sp³-hybridized carbons (Fsp3) is 0.333. The van der Waals surface area contributed by atoms with Gasteiger partial charge in [0.05, 0.1) is 4.83 Å². The summed E-state index contributed by atoms with van der Waals surface area (Å²) < 4.78 is 6.42. The Morgan fingerprint density at radius 2 is 1.56 bits per heavy atom. The Bertz CT molecular complexity index is 558. The molecule has 1 unspecified atom stereocenters. The molecular weight excluding hydrogens is 356 g/mol. The van der Waals surface area contributed by atoms with Gasteiger partial charge >= 0.3 is 0 Å². The molecule has 2 aromatic rings. The Kier molecular flexibility index (Phi) is 4.02. The quantitative estimate of drug-likeness (QED) is 0.611. The van der Waals surface area contributed by atoms with Gasteiger partial charge in [0.15, 0.2) is 4.67 Å². The molecule has 0 radical (unpaired) electrons. The highest BCUT2D eigenvalue weighted by Crippen LogP contribution is 2.38. The SMILES string of the molecule is Cc1cc(C)c(C)c(C(Br)c2ccc(Br)o2)c1C. The van der Waals surface area contributed by atoms with E-state index in [-0.39, 0.29) is 4.83 Å². The topological polar surface area (TPSA) is 13.1 Å². The Morgan fingerprint density at radius 3 is 2.00 bits per heavy atom. The van der Waals surface area contributed by atoms with Gasteiger partial charge in [-0.3, -0.25) is 0 Å². The summed E-state index contributed by atoms with van der Waals surface area (Å²) in [5, 5.41) is 0. The maximum Gasteiger partial charge on any atom is 0.169 e. The predicted molar refractivity (Wildman–Crippen MR) is 82.6 cm³/mol. The fourth-order valence-electron chi connectivity index (χ4n) is 2.23. The fourth-order valence-corrected chi connectivity index (χ4v) is 3.49. The second-order valence-corrected chi connectivity index (χ2v) is 6.38. The average Bonchev–Trinajstić information content (AvgIpc) is 2.73. The Labute approximate surface area is 125 Å². The maximum absolute atomic E-state index is 5.66. The molecule has 0 aliphatic rings. The van der Waals surface area contributed by atoms with Gasteiger partial charge in [0, 0.05) is 0 Å². The minimum absolute atomic E-state index is 0.0994. The summed E-state index contributed by atoms with van der Waals surface area (Å²) in [5.41, 5.74) is 6.61. The van der Waals surface area contributed by atoms with Crippen LogP contribution >= 0.6 is 31.9 Å². The van der Waals surface area contributed by atoms with E-state index in [0.29, 0.717) is 0 Å². The van der Waals surface area contributed by atoms with Gasteiger partial charge in [-0.05, 0) is 83.6 Å². The molecule has 1 aromatic carbocycles. The summed E-state index contributed by atoms with van der Waals surface area (Å²) in [6.45, 7) is 8.65. The van der Waals surface area contributed by atoms with Crippen molar-refractivity contribution in [2.75, 3.05) is 0 Å². The lowest BCUT2D eigenvalue weighted by Gasteiger charge is -2.18. The molecule has 0 saturated carbocycles. The van der Waals surface area contributed by atoms with Crippen LogP contribution in [0.3, 0.4) is 0 Å². The number of alkyl halides is 1. The van der Waals surface area contributed by atoms with E-state index in [0.717, 1.165) is 10.4 Å². The molecule has 18 heavy (non-hydrogen) atoms. The highest BCUT2D eigenvalue weighted by atomic mass is 79.9. The monoisotopic (exact) mass is 370 g/mol. The van der Waals surface area contributed by atoms with E-state index in [1.165, 1.54) is 27.8 Å². The highest BCUT2D eigenvalue weighted by Gasteiger charge is 2.20. The number of hydrogen-bond donors (Lipinski definition) is 0. The molecule has 96 valence electrons. The van der Waals surface area contributed by atoms with Crippen LogP contribution in [0.25, 0.3) is 0 Å². The summed E-state index contributed by atoms with van der Waals surface area (Å²) in [4.78, 5) is 0.0994. The zero-order valence-electron chi connectivity index (χ0n) is 11.0. The molecule has 0 amide bonds. The predicted octanol–water partition coefficient (Wildman–Crippen LogP) is 5.76. The largest absolute Gasteiger partial charge is 0.453 e. The van der Waals surface area contributed by atoms with Gasteiger partial charge in [-0.2, -0.15) is 0 Å². The lowest BCUT2D eigenvalue weighted by molar-refractivity contribution is 0.496. The van der Waals surface area contributed by atoms with Crippen molar-refractivity contribution >= 4 is 31.9 Å². The number of halogens is 2. The van der Waals surface area contributed by atoms with Crippen molar-refractivity contribution in [3.8, 4) is 0 Å². The van der Waals surface area contributed by atoms with Crippen molar-refractivity contribution in [3.05, 3.63) is 56.4 Å². The minimum Gasteiger partial charge on any atom is -0.453 e. The van der Waals surface area contributed by atoms with Crippen molar-refractivity contribution in [2.45, 2.75) is 32.5 Å². The van der Waals surface area contributed by atoms with Gasteiger partial charge in [0.1, 0.15) is 5.76 Å². The second-order valence-electron chi connectivity index (χ2n) is 4.68. The zero-order valence-corrected chi connectivity index (χ0v) is 14.1. The summed E-state index contributed by atoms with van der Waals surface area (Å²) >= 11 is 7.11. The first kappa shape index (κ1) is 13.9. The minimum atomic E-state index is 0.0994. The lowest BCUT2D eigenvalue weighted by atomic mass is 9.92. The first-order valence-corrected chi connectivity index (χ1v) is 7.59. The maximum atomic E-state index is 5.66. The smallest absolute Gasteiger partial charge is 0.169 e. The van der Waals surface area contributed by atoms with Crippen molar-refractivity contribution in [3.63, 3.8) is 0 Å². The van der Waals surface area contributed by atoms with Gasteiger partial charge in [-0.25, -0.2) is 0 Å². The third-order valence-electron chi connectivity index (χ3n) is 3.52. The van der Waals surface area contributed by atoms with Gasteiger partial charge in [-0.1, -0.05) is 22.0 Å². The molecule has 3 heteroatoms. The zero-order chi connectivity index (χ0) is 13.4. The number of benzene rings is 1. The number of hydrogen-bond acceptors (Lipinski definition) is 1. The van der Waals surface area contributed by atoms with Crippen LogP contribution in [-0.4, -0.2) is 0 Å². The number of aryl methyl sites for hydroxylation is 2. The molecule has 1 nitrogen and oxygen atoms in total. The molecule has 0 fully saturated rings. The van der Waals surface area contributed by atoms with Crippen LogP contribution in [-0.2, 0) is 0 Å². The number of furan rings is 1. The van der Waals surface area contributed by atoms with Crippen molar-refractivity contribution in [2.24, 2.45) is 0 Å². The van der Waals surface area contributed by atoms with Crippen LogP contribution in [0.15, 0.2) is 27.3 Å². The van der Waals surface area contributed by atoms with E-state index in [1.54, 1.807) is 0 Å². The first-order chi connectivity index (χ1) is 8.41. The van der Waals surface area contributed by atoms with E-state index >= 15 is 0 Å². The van der Waals surface area contributed by atoms with Gasteiger partial charge in [-0.15, -0.1) is 0 Å². The van der Waals surface area contributed by atoms with Crippen molar-refractivity contribution in [1.29, 1.82) is 0 Å². The normalized spacial score (nSPS) is 12.8. The van der Waals surface area contributed by atoms with Crippen molar-refractivity contribution in [1.82, 2.24) is 0 Å². The molecule has 1 heterocycles. The third kappa shape index (κ3) is 2.43. The van der Waals surface area contributed by atoms with Crippen LogP contribution in [0.5, 0.6) is 0 Å². The molecule has 2 rings (SSSR count). The summed E-state index contributed by atoms with van der Waals surface area (Å²) in [5.74, 6) is 0.929. The van der Waals surface area contributed by atoms with Crippen LogP contribution in [0.1, 0.15) is 38.4 Å². The average molecular weight is 372 g/mol. The first-order valence-electron chi connectivity index (χ1n) is 5.88. The van der Waals surface area contributed by atoms with Crippen LogP contribution in [0, 0.1) is 27.7 Å². The van der Waals surface area contributed by atoms with E-state index in [4.69, 9.17) is 4.42 Å². The standard InChI is InChI=1S/C15H16Br2O/c1-8-7-9(2)11(4)14(10(8)3)15(17)12-5-6-13(16)18-12/h5-7,15H,1-4H3. The van der Waals surface area contributed by atoms with E-state index < -0.39 is 0 Å². The Hall–Kier alpha value is -0.540.